The first-order chi connectivity index (χ1) is 12.9. The molecule has 0 aliphatic heterocycles. The minimum atomic E-state index is -0.627. The number of likely N-dealkylation sites (N-methyl/N-ethyl adjacent to an activating group) is 1. The van der Waals surface area contributed by atoms with Crippen molar-refractivity contribution in [1.82, 2.24) is 10.2 Å². The van der Waals surface area contributed by atoms with Crippen LogP contribution in [0.3, 0.4) is 0 Å². The summed E-state index contributed by atoms with van der Waals surface area (Å²) in [5.41, 5.74) is 0.892. The van der Waals surface area contributed by atoms with Crippen LogP contribution in [0.15, 0.2) is 53.0 Å². The largest absolute Gasteiger partial charge is 0.497 e. The summed E-state index contributed by atoms with van der Waals surface area (Å²) in [5.74, 6) is 0.809. The van der Waals surface area contributed by atoms with Gasteiger partial charge in [-0.3, -0.25) is 9.59 Å². The molecule has 1 N–H and O–H groups in total. The summed E-state index contributed by atoms with van der Waals surface area (Å²) in [6.45, 7) is 1.83. The van der Waals surface area contributed by atoms with E-state index >= 15 is 0 Å². The first kappa shape index (κ1) is 20.8. The number of nitrogens with zero attached hydrogens (tertiary/aromatic N) is 1. The van der Waals surface area contributed by atoms with Gasteiger partial charge in [0.15, 0.2) is 6.61 Å². The van der Waals surface area contributed by atoms with E-state index in [1.807, 2.05) is 36.4 Å². The van der Waals surface area contributed by atoms with E-state index in [-0.39, 0.29) is 18.4 Å². The van der Waals surface area contributed by atoms with Crippen molar-refractivity contribution in [3.63, 3.8) is 0 Å². The molecule has 2 aromatic carbocycles. The number of methoxy groups -OCH3 is 1. The Morgan fingerprint density at radius 2 is 1.67 bits per heavy atom. The summed E-state index contributed by atoms with van der Waals surface area (Å²) in [6.07, 6.45) is 0. The number of amides is 2. The third-order valence-corrected chi connectivity index (χ3v) is 4.63. The van der Waals surface area contributed by atoms with Crippen LogP contribution < -0.4 is 14.8 Å². The highest BCUT2D eigenvalue weighted by atomic mass is 79.9. The lowest BCUT2D eigenvalue weighted by atomic mass is 10.1. The summed E-state index contributed by atoms with van der Waals surface area (Å²) < 4.78 is 11.7. The summed E-state index contributed by atoms with van der Waals surface area (Å²) in [4.78, 5) is 26.3. The van der Waals surface area contributed by atoms with Crippen molar-refractivity contribution in [1.29, 1.82) is 0 Å². The van der Waals surface area contributed by atoms with Crippen LogP contribution in [0.25, 0.3) is 0 Å². The quantitative estimate of drug-likeness (QED) is 0.693. The molecule has 0 aromatic heterocycles. The molecule has 7 heteroatoms. The maximum Gasteiger partial charge on any atom is 0.261 e. The van der Waals surface area contributed by atoms with Crippen LogP contribution >= 0.6 is 15.9 Å². The Labute approximate surface area is 167 Å². The van der Waals surface area contributed by atoms with Crippen molar-refractivity contribution < 1.29 is 19.1 Å². The molecule has 2 aromatic rings. The Bertz CT molecular complexity index is 763. The summed E-state index contributed by atoms with van der Waals surface area (Å²) in [6, 6.07) is 14.0. The van der Waals surface area contributed by atoms with E-state index in [4.69, 9.17) is 9.47 Å². The van der Waals surface area contributed by atoms with E-state index in [1.54, 1.807) is 33.2 Å². The highest BCUT2D eigenvalue weighted by Gasteiger charge is 2.25. The third kappa shape index (κ3) is 5.99. The number of halogens is 1. The van der Waals surface area contributed by atoms with Gasteiger partial charge in [-0.1, -0.05) is 28.1 Å². The molecular formula is C20H23BrN2O4. The zero-order valence-corrected chi connectivity index (χ0v) is 17.2. The first-order valence-corrected chi connectivity index (χ1v) is 9.26. The van der Waals surface area contributed by atoms with Crippen molar-refractivity contribution in [2.75, 3.05) is 20.8 Å². The second-order valence-corrected chi connectivity index (χ2v) is 6.82. The van der Waals surface area contributed by atoms with Gasteiger partial charge in [-0.15, -0.1) is 0 Å². The van der Waals surface area contributed by atoms with Crippen LogP contribution in [0.2, 0.25) is 0 Å². The van der Waals surface area contributed by atoms with Gasteiger partial charge in [0, 0.05) is 18.1 Å². The zero-order valence-electron chi connectivity index (χ0n) is 15.6. The van der Waals surface area contributed by atoms with Gasteiger partial charge in [-0.25, -0.2) is 0 Å². The molecular weight excluding hydrogens is 412 g/mol. The van der Waals surface area contributed by atoms with E-state index in [2.05, 4.69) is 21.2 Å². The molecule has 0 radical (unpaired) electrons. The van der Waals surface area contributed by atoms with Crippen molar-refractivity contribution in [2.24, 2.45) is 0 Å². The molecule has 0 aliphatic rings. The van der Waals surface area contributed by atoms with Crippen molar-refractivity contribution in [3.8, 4) is 11.5 Å². The molecule has 1 atom stereocenters. The monoisotopic (exact) mass is 434 g/mol. The second-order valence-electron chi connectivity index (χ2n) is 5.90. The Kier molecular flexibility index (Phi) is 7.67. The van der Waals surface area contributed by atoms with E-state index in [0.717, 1.165) is 15.8 Å². The smallest absolute Gasteiger partial charge is 0.261 e. The van der Waals surface area contributed by atoms with E-state index in [0.29, 0.717) is 12.3 Å². The number of carbonyl (C=O) groups is 2. The molecule has 0 spiro atoms. The summed E-state index contributed by atoms with van der Waals surface area (Å²) in [7, 11) is 3.14. The Morgan fingerprint density at radius 1 is 1.07 bits per heavy atom. The van der Waals surface area contributed by atoms with Crippen molar-refractivity contribution in [3.05, 3.63) is 58.6 Å². The number of hydrogen-bond acceptors (Lipinski definition) is 4. The minimum Gasteiger partial charge on any atom is -0.497 e. The average molecular weight is 435 g/mol. The van der Waals surface area contributed by atoms with Crippen LogP contribution in [0.4, 0.5) is 0 Å². The van der Waals surface area contributed by atoms with E-state index in [9.17, 15) is 9.59 Å². The molecule has 0 bridgehead atoms. The van der Waals surface area contributed by atoms with Gasteiger partial charge >= 0.3 is 0 Å². The number of carbonyl (C=O) groups excluding carboxylic acids is 2. The third-order valence-electron chi connectivity index (χ3n) is 4.10. The lowest BCUT2D eigenvalue weighted by Crippen LogP contribution is -2.48. The Hall–Kier alpha value is -2.54. The van der Waals surface area contributed by atoms with Crippen LogP contribution in [0, 0.1) is 0 Å². The molecule has 144 valence electrons. The predicted octanol–water partition coefficient (Wildman–Crippen LogP) is 3.00. The molecule has 0 unspecified atom stereocenters. The molecule has 2 rings (SSSR count). The highest BCUT2D eigenvalue weighted by molar-refractivity contribution is 9.10. The summed E-state index contributed by atoms with van der Waals surface area (Å²) in [5, 5.41) is 2.59. The topological polar surface area (TPSA) is 67.9 Å². The van der Waals surface area contributed by atoms with Gasteiger partial charge in [0.25, 0.3) is 5.91 Å². The molecule has 0 saturated carbocycles. The fourth-order valence-corrected chi connectivity index (χ4v) is 2.74. The molecule has 6 nitrogen and oxygen atoms in total. The normalized spacial score (nSPS) is 11.4. The average Bonchev–Trinajstić information content (AvgIpc) is 2.70. The van der Waals surface area contributed by atoms with Gasteiger partial charge in [-0.2, -0.15) is 0 Å². The molecule has 0 fully saturated rings. The second kappa shape index (κ2) is 9.97. The molecule has 0 aliphatic carbocycles. The fourth-order valence-electron chi connectivity index (χ4n) is 2.48. The van der Waals surface area contributed by atoms with Gasteiger partial charge in [0.1, 0.15) is 17.5 Å². The lowest BCUT2D eigenvalue weighted by Gasteiger charge is -2.28. The molecule has 0 heterocycles. The van der Waals surface area contributed by atoms with Crippen LogP contribution in [0.5, 0.6) is 11.5 Å². The zero-order chi connectivity index (χ0) is 19.8. The Balaban J connectivity index is 2.10. The fraction of sp³-hybridized carbons (Fsp3) is 0.300. The number of rotatable bonds is 8. The van der Waals surface area contributed by atoms with Gasteiger partial charge < -0.3 is 19.7 Å². The number of hydrogen-bond donors (Lipinski definition) is 1. The lowest BCUT2D eigenvalue weighted by molar-refractivity contribution is -0.142. The maximum absolute atomic E-state index is 12.8. The SMILES string of the molecule is CNC(=O)[C@@H](C)N(Cc1ccc(OC)cc1)C(=O)COc1ccc(Br)cc1. The minimum absolute atomic E-state index is 0.154. The predicted molar refractivity (Wildman–Crippen MR) is 107 cm³/mol. The van der Waals surface area contributed by atoms with E-state index in [1.165, 1.54) is 4.90 Å². The number of ether oxygens (including phenoxy) is 2. The maximum atomic E-state index is 12.8. The number of benzene rings is 2. The first-order valence-electron chi connectivity index (χ1n) is 8.47. The highest BCUT2D eigenvalue weighted by Crippen LogP contribution is 2.18. The van der Waals surface area contributed by atoms with Gasteiger partial charge in [0.2, 0.25) is 5.91 Å². The van der Waals surface area contributed by atoms with Crippen molar-refractivity contribution >= 4 is 27.7 Å². The van der Waals surface area contributed by atoms with Crippen LogP contribution in [-0.4, -0.2) is 43.5 Å². The van der Waals surface area contributed by atoms with Gasteiger partial charge in [0.05, 0.1) is 7.11 Å². The Morgan fingerprint density at radius 3 is 2.22 bits per heavy atom. The number of nitrogens with one attached hydrogen (secondary N) is 1. The van der Waals surface area contributed by atoms with Crippen LogP contribution in [-0.2, 0) is 16.1 Å². The van der Waals surface area contributed by atoms with Crippen LogP contribution in [0.1, 0.15) is 12.5 Å². The molecule has 27 heavy (non-hydrogen) atoms. The van der Waals surface area contributed by atoms with E-state index < -0.39 is 6.04 Å². The summed E-state index contributed by atoms with van der Waals surface area (Å²) >= 11 is 3.35. The van der Waals surface area contributed by atoms with Crippen molar-refractivity contribution in [2.45, 2.75) is 19.5 Å². The van der Waals surface area contributed by atoms with Gasteiger partial charge in [-0.05, 0) is 48.9 Å². The molecule has 2 amide bonds. The standard InChI is InChI=1S/C20H23BrN2O4/c1-14(20(25)22-2)23(12-15-4-8-17(26-3)9-5-15)19(24)13-27-18-10-6-16(21)7-11-18/h4-11,14H,12-13H2,1-3H3,(H,22,25)/t14-/m1/s1. The molecule has 0 saturated heterocycles.